The number of carboxylic acids is 1. The third kappa shape index (κ3) is 3.92. The number of anilines is 1. The Morgan fingerprint density at radius 3 is 2.74 bits per heavy atom. The summed E-state index contributed by atoms with van der Waals surface area (Å²) >= 11 is 0. The highest BCUT2D eigenvalue weighted by atomic mass is 16.4. The quantitative estimate of drug-likeness (QED) is 0.346. The van der Waals surface area contributed by atoms with Gasteiger partial charge in [-0.3, -0.25) is 39.2 Å². The molecule has 1 unspecified atom stereocenters. The van der Waals surface area contributed by atoms with Gasteiger partial charge in [-0.05, 0) is 18.6 Å². The number of nitrogens with zero attached hydrogens (tertiary/aromatic N) is 2. The Morgan fingerprint density at radius 2 is 2.00 bits per heavy atom. The number of benzene rings is 1. The van der Waals surface area contributed by atoms with E-state index in [0.29, 0.717) is 11.4 Å². The summed E-state index contributed by atoms with van der Waals surface area (Å²) in [6.45, 7) is 0.535. The fourth-order valence-corrected chi connectivity index (χ4v) is 3.68. The summed E-state index contributed by atoms with van der Waals surface area (Å²) in [6, 6.07) is 3.79. The zero-order valence-electron chi connectivity index (χ0n) is 16.3. The number of hydrazine groups is 2. The molecule has 1 fully saturated rings. The highest BCUT2D eigenvalue weighted by Crippen LogP contribution is 2.32. The monoisotopic (exact) mass is 428 g/mol. The number of nitrogens with one attached hydrogen (secondary N) is 4. The normalized spacial score (nSPS) is 20.4. The van der Waals surface area contributed by atoms with E-state index in [1.165, 1.54) is 6.07 Å². The van der Waals surface area contributed by atoms with Gasteiger partial charge in [0.2, 0.25) is 11.8 Å². The molecule has 4 amide bonds. The van der Waals surface area contributed by atoms with Crippen molar-refractivity contribution in [2.75, 3.05) is 18.4 Å². The molecule has 3 heterocycles. The van der Waals surface area contributed by atoms with Gasteiger partial charge in [-0.25, -0.2) is 0 Å². The maximum atomic E-state index is 13.0. The molecule has 1 aromatic carbocycles. The molecule has 12 nitrogen and oxygen atoms in total. The minimum Gasteiger partial charge on any atom is -0.481 e. The highest BCUT2D eigenvalue weighted by Gasteiger charge is 2.45. The van der Waals surface area contributed by atoms with Crippen molar-refractivity contribution >= 4 is 35.3 Å². The molecule has 0 bridgehead atoms. The maximum Gasteiger partial charge on any atom is 0.305 e. The Hall–Kier alpha value is -3.93. The van der Waals surface area contributed by atoms with Crippen molar-refractivity contribution in [2.24, 2.45) is 0 Å². The third-order valence-electron chi connectivity index (χ3n) is 5.18. The number of hydrogen-bond donors (Lipinski definition) is 5. The maximum absolute atomic E-state index is 13.0. The van der Waals surface area contributed by atoms with Gasteiger partial charge in [0.15, 0.2) is 0 Å². The molecule has 1 aromatic rings. The minimum absolute atomic E-state index is 0.0368. The Labute approximate surface area is 176 Å². The van der Waals surface area contributed by atoms with Crippen molar-refractivity contribution in [3.63, 3.8) is 0 Å². The summed E-state index contributed by atoms with van der Waals surface area (Å²) in [5.41, 5.74) is 7.19. The number of hydrogen-bond acceptors (Lipinski definition) is 9. The molecule has 4 rings (SSSR count). The topological polar surface area (TPSA) is 160 Å². The van der Waals surface area contributed by atoms with Crippen LogP contribution in [0.4, 0.5) is 5.69 Å². The second-order valence-electron chi connectivity index (χ2n) is 7.26. The van der Waals surface area contributed by atoms with E-state index in [2.05, 4.69) is 21.6 Å². The zero-order chi connectivity index (χ0) is 22.1. The Morgan fingerprint density at radius 1 is 1.19 bits per heavy atom. The molecule has 0 saturated carbocycles. The van der Waals surface area contributed by atoms with E-state index in [9.17, 15) is 24.0 Å². The summed E-state index contributed by atoms with van der Waals surface area (Å²) < 4.78 is 0. The number of fused-ring (bicyclic) bond motifs is 1. The van der Waals surface area contributed by atoms with Crippen LogP contribution in [0.3, 0.4) is 0 Å². The molecule has 0 radical (unpaired) electrons. The fourth-order valence-electron chi connectivity index (χ4n) is 3.68. The lowest BCUT2D eigenvalue weighted by Crippen LogP contribution is -2.54. The van der Waals surface area contributed by atoms with Gasteiger partial charge in [-0.1, -0.05) is 6.07 Å². The molecule has 31 heavy (non-hydrogen) atoms. The van der Waals surface area contributed by atoms with Crippen LogP contribution in [0.15, 0.2) is 30.1 Å². The number of amides is 4. The van der Waals surface area contributed by atoms with Gasteiger partial charge in [0.25, 0.3) is 11.8 Å². The summed E-state index contributed by atoms with van der Waals surface area (Å²) in [5.74, 6) is -3.16. The van der Waals surface area contributed by atoms with E-state index in [4.69, 9.17) is 5.11 Å². The first-order chi connectivity index (χ1) is 14.8. The average Bonchev–Trinajstić information content (AvgIpc) is 3.29. The number of aliphatic carboxylic acids is 1. The largest absolute Gasteiger partial charge is 0.481 e. The number of piperidine rings is 1. The Kier molecular flexibility index (Phi) is 5.29. The van der Waals surface area contributed by atoms with Gasteiger partial charge >= 0.3 is 5.97 Å². The second-order valence-corrected chi connectivity index (χ2v) is 7.26. The summed E-state index contributed by atoms with van der Waals surface area (Å²) in [7, 11) is 0. The zero-order valence-corrected chi connectivity index (χ0v) is 16.3. The van der Waals surface area contributed by atoms with Crippen molar-refractivity contribution in [2.45, 2.75) is 25.3 Å². The first-order valence-corrected chi connectivity index (χ1v) is 9.64. The molecule has 5 N–H and O–H groups in total. The van der Waals surface area contributed by atoms with Crippen molar-refractivity contribution in [1.29, 1.82) is 0 Å². The number of rotatable bonds is 7. The first kappa shape index (κ1) is 20.3. The van der Waals surface area contributed by atoms with Crippen LogP contribution in [0.1, 0.15) is 40.0 Å². The van der Waals surface area contributed by atoms with Crippen LogP contribution in [-0.4, -0.2) is 63.7 Å². The Bertz CT molecular complexity index is 1020. The lowest BCUT2D eigenvalue weighted by Gasteiger charge is -2.27. The van der Waals surface area contributed by atoms with Crippen LogP contribution in [0.2, 0.25) is 0 Å². The Balaban J connectivity index is 1.48. The van der Waals surface area contributed by atoms with Crippen molar-refractivity contribution in [1.82, 2.24) is 26.2 Å². The predicted molar refractivity (Wildman–Crippen MR) is 105 cm³/mol. The number of carboxylic acid groups (broad SMARTS) is 1. The minimum atomic E-state index is -1.02. The van der Waals surface area contributed by atoms with E-state index >= 15 is 0 Å². The van der Waals surface area contributed by atoms with Gasteiger partial charge in [-0.2, -0.15) is 0 Å². The van der Waals surface area contributed by atoms with Crippen LogP contribution in [0.25, 0.3) is 0 Å². The van der Waals surface area contributed by atoms with Gasteiger partial charge in [0.1, 0.15) is 6.04 Å². The molecule has 162 valence electrons. The lowest BCUT2D eigenvalue weighted by atomic mass is 10.0. The molecular formula is C19H20N6O6. The van der Waals surface area contributed by atoms with E-state index in [1.54, 1.807) is 23.3 Å². The average molecular weight is 428 g/mol. The van der Waals surface area contributed by atoms with Crippen molar-refractivity contribution in [3.05, 3.63) is 41.2 Å². The molecule has 0 aromatic heterocycles. The number of carbonyl (C=O) groups excluding carboxylic acids is 4. The predicted octanol–water partition coefficient (Wildman–Crippen LogP) is -0.859. The molecule has 0 aliphatic carbocycles. The van der Waals surface area contributed by atoms with Gasteiger partial charge in [-0.15, -0.1) is 5.53 Å². The van der Waals surface area contributed by atoms with E-state index in [1.807, 2.05) is 0 Å². The van der Waals surface area contributed by atoms with E-state index in [0.717, 1.165) is 4.90 Å². The van der Waals surface area contributed by atoms with Crippen molar-refractivity contribution < 1.29 is 29.1 Å². The molecule has 12 heteroatoms. The standard InChI is InChI=1S/C19H20N6O6/c26-14-5-4-13(17(29)21-14)25-18(30)11-2-1-3-12(16(11)19(25)31)20-8-10-9-24(23-22-10)7-6-15(27)28/h1-3,9,13,20,22-23H,4-8H2,(H,27,28)(H,21,26,29). The molecule has 3 aliphatic rings. The van der Waals surface area contributed by atoms with E-state index < -0.39 is 35.6 Å². The summed E-state index contributed by atoms with van der Waals surface area (Å²) in [5, 5.41) is 15.6. The van der Waals surface area contributed by atoms with Crippen LogP contribution >= 0.6 is 0 Å². The third-order valence-corrected chi connectivity index (χ3v) is 5.18. The molecule has 1 saturated heterocycles. The fraction of sp³-hybridized carbons (Fsp3) is 0.316. The summed E-state index contributed by atoms with van der Waals surface area (Å²) in [6.07, 6.45) is 1.81. The van der Waals surface area contributed by atoms with Gasteiger partial charge in [0, 0.05) is 24.9 Å². The number of carbonyl (C=O) groups is 5. The molecule has 3 aliphatic heterocycles. The summed E-state index contributed by atoms with van der Waals surface area (Å²) in [4.78, 5) is 61.1. The smallest absolute Gasteiger partial charge is 0.305 e. The van der Waals surface area contributed by atoms with Gasteiger partial charge in [0.05, 0.1) is 29.8 Å². The first-order valence-electron chi connectivity index (χ1n) is 9.64. The second kappa shape index (κ2) is 8.07. The SMILES string of the molecule is O=C(O)CCN1C=C(CNc2cccc3c2C(=O)N(C2CCC(=O)NC2=O)C3=O)NN1. The molecule has 0 spiro atoms. The lowest BCUT2D eigenvalue weighted by molar-refractivity contribution is -0.138. The molecular weight excluding hydrogens is 408 g/mol. The highest BCUT2D eigenvalue weighted by molar-refractivity contribution is 6.25. The molecule has 1 atom stereocenters. The van der Waals surface area contributed by atoms with Crippen LogP contribution in [0.5, 0.6) is 0 Å². The number of imide groups is 2. The van der Waals surface area contributed by atoms with Crippen molar-refractivity contribution in [3.8, 4) is 0 Å². The van der Waals surface area contributed by atoms with Crippen LogP contribution < -0.4 is 21.6 Å². The van der Waals surface area contributed by atoms with E-state index in [-0.39, 0.29) is 43.5 Å². The van der Waals surface area contributed by atoms with Crippen LogP contribution in [0, 0.1) is 0 Å². The van der Waals surface area contributed by atoms with Gasteiger partial charge < -0.3 is 15.8 Å². The van der Waals surface area contributed by atoms with Crippen LogP contribution in [-0.2, 0) is 14.4 Å².